The van der Waals surface area contributed by atoms with Crippen LogP contribution in [0.3, 0.4) is 0 Å². The molecule has 4 N–H and O–H groups in total. The molecule has 1 aromatic carbocycles. The summed E-state index contributed by atoms with van der Waals surface area (Å²) in [5, 5.41) is 5.88. The molecule has 0 aliphatic rings. The zero-order chi connectivity index (χ0) is 18.7. The molecule has 6 nitrogen and oxygen atoms in total. The van der Waals surface area contributed by atoms with E-state index in [0.29, 0.717) is 17.3 Å². The molecule has 2 heterocycles. The number of rotatable bonds is 4. The highest BCUT2D eigenvalue weighted by molar-refractivity contribution is 5.79. The van der Waals surface area contributed by atoms with Crippen LogP contribution in [0.5, 0.6) is 0 Å². The molecule has 0 aliphatic heterocycles. The normalized spacial score (nSPS) is 11.2. The Kier molecular flexibility index (Phi) is 4.61. The van der Waals surface area contributed by atoms with Crippen molar-refractivity contribution in [2.45, 2.75) is 13.1 Å². The maximum atomic E-state index is 12.6. The molecule has 26 heavy (non-hydrogen) atoms. The molecule has 0 radical (unpaired) electrons. The summed E-state index contributed by atoms with van der Waals surface area (Å²) in [5.74, 6) is 1.18. The van der Waals surface area contributed by atoms with Crippen LogP contribution >= 0.6 is 0 Å². The quantitative estimate of drug-likeness (QED) is 0.644. The van der Waals surface area contributed by atoms with Crippen molar-refractivity contribution >= 4 is 28.8 Å². The Labute approximate surface area is 147 Å². The summed E-state index contributed by atoms with van der Waals surface area (Å²) >= 11 is 0. The molecule has 3 aromatic rings. The van der Waals surface area contributed by atoms with Crippen molar-refractivity contribution in [1.29, 1.82) is 0 Å². The molecule has 0 aliphatic carbocycles. The smallest absolute Gasteiger partial charge is 0.393 e. The molecule has 0 spiro atoms. The van der Waals surface area contributed by atoms with Gasteiger partial charge in [-0.2, -0.15) is 13.2 Å². The van der Waals surface area contributed by atoms with Crippen LogP contribution in [0.25, 0.3) is 0 Å². The molecule has 2 aromatic heterocycles. The summed E-state index contributed by atoms with van der Waals surface area (Å²) in [6.45, 7) is 1.92. The van der Waals surface area contributed by atoms with Gasteiger partial charge in [0.05, 0.1) is 5.56 Å². The number of hydrogen-bond acceptors (Lipinski definition) is 6. The third-order valence-corrected chi connectivity index (χ3v) is 3.52. The molecule has 3 rings (SSSR count). The lowest BCUT2D eigenvalue weighted by atomic mass is 10.2. The topological polar surface area (TPSA) is 88.8 Å². The molecule has 0 unspecified atom stereocenters. The van der Waals surface area contributed by atoms with E-state index in [-0.39, 0.29) is 11.5 Å². The highest BCUT2D eigenvalue weighted by Crippen LogP contribution is 2.31. The van der Waals surface area contributed by atoms with E-state index in [1.807, 2.05) is 19.1 Å². The summed E-state index contributed by atoms with van der Waals surface area (Å²) < 4.78 is 37.9. The Morgan fingerprint density at radius 1 is 0.923 bits per heavy atom. The van der Waals surface area contributed by atoms with Gasteiger partial charge in [-0.05, 0) is 48.9 Å². The minimum absolute atomic E-state index is 0.218. The molecular weight excluding hydrogens is 345 g/mol. The lowest BCUT2D eigenvalue weighted by Crippen LogP contribution is -2.07. The summed E-state index contributed by atoms with van der Waals surface area (Å²) in [7, 11) is 0. The van der Waals surface area contributed by atoms with Crippen molar-refractivity contribution in [3.63, 3.8) is 0 Å². The first-order valence-electron chi connectivity index (χ1n) is 7.57. The molecule has 0 amide bonds. The maximum absolute atomic E-state index is 12.6. The van der Waals surface area contributed by atoms with Crippen molar-refractivity contribution < 1.29 is 13.2 Å². The number of nitrogens with one attached hydrogen (secondary N) is 2. The Morgan fingerprint density at radius 2 is 1.58 bits per heavy atom. The second kappa shape index (κ2) is 6.87. The van der Waals surface area contributed by atoms with Crippen LogP contribution in [0, 0.1) is 6.92 Å². The Bertz CT molecular complexity index is 909. The van der Waals surface area contributed by atoms with Gasteiger partial charge in [-0.25, -0.2) is 15.0 Å². The van der Waals surface area contributed by atoms with Gasteiger partial charge in [0.25, 0.3) is 0 Å². The number of aryl methyl sites for hydroxylation is 1. The SMILES string of the molecule is Cc1ccnc(Nc2ncnc(Nc3ccc(C(F)(F)F)cc3)c2N)c1. The van der Waals surface area contributed by atoms with Gasteiger partial charge in [0.1, 0.15) is 17.8 Å². The second-order valence-corrected chi connectivity index (χ2v) is 5.53. The number of anilines is 5. The molecule has 134 valence electrons. The zero-order valence-corrected chi connectivity index (χ0v) is 13.7. The van der Waals surface area contributed by atoms with Gasteiger partial charge < -0.3 is 16.4 Å². The number of aromatic nitrogens is 3. The van der Waals surface area contributed by atoms with Gasteiger partial charge in [0.2, 0.25) is 0 Å². The standard InChI is InChI=1S/C17H15F3N6/c1-10-6-7-22-13(8-10)26-16-14(21)15(23-9-24-16)25-12-4-2-11(3-5-12)17(18,19)20/h2-9H,21H2,1H3,(H2,22,23,24,25,26). The van der Waals surface area contributed by atoms with E-state index >= 15 is 0 Å². The van der Waals surface area contributed by atoms with Crippen molar-refractivity contribution in [1.82, 2.24) is 15.0 Å². The molecule has 9 heteroatoms. The summed E-state index contributed by atoms with van der Waals surface area (Å²) in [6.07, 6.45) is -1.44. The second-order valence-electron chi connectivity index (χ2n) is 5.53. The van der Waals surface area contributed by atoms with Crippen molar-refractivity contribution in [2.24, 2.45) is 0 Å². The van der Waals surface area contributed by atoms with Crippen LogP contribution in [0.1, 0.15) is 11.1 Å². The lowest BCUT2D eigenvalue weighted by molar-refractivity contribution is -0.137. The first-order valence-corrected chi connectivity index (χ1v) is 7.57. The van der Waals surface area contributed by atoms with Crippen LogP contribution in [-0.2, 0) is 6.18 Å². The number of alkyl halides is 3. The van der Waals surface area contributed by atoms with Crippen LogP contribution in [-0.4, -0.2) is 15.0 Å². The van der Waals surface area contributed by atoms with E-state index < -0.39 is 11.7 Å². The third kappa shape index (κ3) is 4.00. The number of benzene rings is 1. The number of nitrogens with two attached hydrogens (primary N) is 1. The van der Waals surface area contributed by atoms with Crippen molar-refractivity contribution in [3.05, 3.63) is 60.0 Å². The van der Waals surface area contributed by atoms with Crippen LogP contribution < -0.4 is 16.4 Å². The predicted molar refractivity (Wildman–Crippen MR) is 93.4 cm³/mol. The summed E-state index contributed by atoms with van der Waals surface area (Å²) in [6, 6.07) is 8.25. The Hall–Kier alpha value is -3.36. The number of nitrogens with zero attached hydrogens (tertiary/aromatic N) is 3. The fourth-order valence-corrected chi connectivity index (χ4v) is 2.20. The fraction of sp³-hybridized carbons (Fsp3) is 0.118. The van der Waals surface area contributed by atoms with E-state index in [2.05, 4.69) is 25.6 Å². The van der Waals surface area contributed by atoms with Crippen LogP contribution in [0.15, 0.2) is 48.9 Å². The lowest BCUT2D eigenvalue weighted by Gasteiger charge is -2.13. The third-order valence-electron chi connectivity index (χ3n) is 3.52. The van der Waals surface area contributed by atoms with Gasteiger partial charge in [0, 0.05) is 11.9 Å². The number of hydrogen-bond donors (Lipinski definition) is 3. The molecule has 0 atom stereocenters. The van der Waals surface area contributed by atoms with Crippen molar-refractivity contribution in [2.75, 3.05) is 16.4 Å². The Morgan fingerprint density at radius 3 is 2.19 bits per heavy atom. The highest BCUT2D eigenvalue weighted by Gasteiger charge is 2.29. The molecule has 0 bridgehead atoms. The van der Waals surface area contributed by atoms with Crippen molar-refractivity contribution in [3.8, 4) is 0 Å². The van der Waals surface area contributed by atoms with E-state index in [0.717, 1.165) is 17.7 Å². The first-order chi connectivity index (χ1) is 12.3. The minimum atomic E-state index is -4.38. The largest absolute Gasteiger partial charge is 0.416 e. The fourth-order valence-electron chi connectivity index (χ4n) is 2.20. The predicted octanol–water partition coefficient (Wildman–Crippen LogP) is 4.27. The van der Waals surface area contributed by atoms with Crippen LogP contribution in [0.2, 0.25) is 0 Å². The molecule has 0 fully saturated rings. The highest BCUT2D eigenvalue weighted by atomic mass is 19.4. The van der Waals surface area contributed by atoms with Gasteiger partial charge in [-0.1, -0.05) is 0 Å². The number of pyridine rings is 1. The summed E-state index contributed by atoms with van der Waals surface area (Å²) in [5.41, 5.74) is 6.98. The maximum Gasteiger partial charge on any atom is 0.416 e. The number of halogens is 3. The van der Waals surface area contributed by atoms with Gasteiger partial charge in [0.15, 0.2) is 11.6 Å². The Balaban J connectivity index is 1.81. The molecule has 0 saturated carbocycles. The van der Waals surface area contributed by atoms with E-state index in [1.54, 1.807) is 6.20 Å². The van der Waals surface area contributed by atoms with E-state index in [9.17, 15) is 13.2 Å². The van der Waals surface area contributed by atoms with Gasteiger partial charge >= 0.3 is 6.18 Å². The van der Waals surface area contributed by atoms with Gasteiger partial charge in [-0.3, -0.25) is 0 Å². The zero-order valence-electron chi connectivity index (χ0n) is 13.7. The molecular formula is C17H15F3N6. The van der Waals surface area contributed by atoms with E-state index in [4.69, 9.17) is 5.73 Å². The average molecular weight is 360 g/mol. The monoisotopic (exact) mass is 360 g/mol. The minimum Gasteiger partial charge on any atom is -0.393 e. The van der Waals surface area contributed by atoms with Crippen LogP contribution in [0.4, 0.5) is 42.0 Å². The molecule has 0 saturated heterocycles. The van der Waals surface area contributed by atoms with Gasteiger partial charge in [-0.15, -0.1) is 0 Å². The first kappa shape index (κ1) is 17.5. The van der Waals surface area contributed by atoms with E-state index in [1.165, 1.54) is 18.5 Å². The summed E-state index contributed by atoms with van der Waals surface area (Å²) in [4.78, 5) is 12.3. The number of nitrogen functional groups attached to an aromatic ring is 1. The average Bonchev–Trinajstić information content (AvgIpc) is 2.58.